The normalized spacial score (nSPS) is 15.4. The Hall–Kier alpha value is -2.02. The lowest BCUT2D eigenvalue weighted by molar-refractivity contribution is -0.459. The standard InChI is InChI=1S/C14H6F17NOS/c15-7(16,6(33)32-4-5-2-1-3-34-5)8(17,18)9(19,20)10(21,22)11(23,24)12(25,26)13(27,28)14(29,30)31/h1-3H,4H2,(H,32,33). The summed E-state index contributed by atoms with van der Waals surface area (Å²) in [7, 11) is 0. The Bertz CT molecular complexity index is 873. The first-order valence-corrected chi connectivity index (χ1v) is 8.65. The van der Waals surface area contributed by atoms with Crippen LogP contribution in [0.25, 0.3) is 0 Å². The van der Waals surface area contributed by atoms with Crippen LogP contribution in [-0.2, 0) is 11.3 Å². The number of carbonyl (C=O) groups excluding carboxylic acids is 1. The molecule has 0 aliphatic heterocycles. The highest BCUT2D eigenvalue weighted by Gasteiger charge is 2.95. The van der Waals surface area contributed by atoms with Crippen molar-refractivity contribution < 1.29 is 79.4 Å². The Morgan fingerprint density at radius 2 is 1.03 bits per heavy atom. The second kappa shape index (κ2) is 8.28. The van der Waals surface area contributed by atoms with Gasteiger partial charge < -0.3 is 5.32 Å². The Morgan fingerprint density at radius 3 is 1.38 bits per heavy atom. The summed E-state index contributed by atoms with van der Waals surface area (Å²) in [5, 5.41) is 2.04. The van der Waals surface area contributed by atoms with Crippen LogP contribution in [0.5, 0.6) is 0 Å². The van der Waals surface area contributed by atoms with E-state index in [1.807, 2.05) is 0 Å². The summed E-state index contributed by atoms with van der Waals surface area (Å²) in [6, 6.07) is 2.22. The van der Waals surface area contributed by atoms with Crippen molar-refractivity contribution in [2.24, 2.45) is 0 Å². The van der Waals surface area contributed by atoms with Gasteiger partial charge in [-0.15, -0.1) is 11.3 Å². The van der Waals surface area contributed by atoms with Gasteiger partial charge in [0.2, 0.25) is 0 Å². The molecule has 1 N–H and O–H groups in total. The van der Waals surface area contributed by atoms with Crippen molar-refractivity contribution >= 4 is 17.2 Å². The highest BCUT2D eigenvalue weighted by Crippen LogP contribution is 2.63. The van der Waals surface area contributed by atoms with E-state index in [1.54, 1.807) is 0 Å². The summed E-state index contributed by atoms with van der Waals surface area (Å²) in [5.74, 6) is -61.4. The zero-order chi connectivity index (χ0) is 27.4. The SMILES string of the molecule is O=C(NCc1cccs1)C(F)(F)C(F)(F)C(F)(F)C(F)(F)C(F)(F)C(F)(F)C(F)(F)C(F)(F)F. The molecule has 1 heterocycles. The van der Waals surface area contributed by atoms with Crippen molar-refractivity contribution in [1.82, 2.24) is 5.32 Å². The van der Waals surface area contributed by atoms with Gasteiger partial charge in [-0.3, -0.25) is 4.79 Å². The summed E-state index contributed by atoms with van der Waals surface area (Å²) in [5.41, 5.74) is 0. The minimum absolute atomic E-state index is 0.134. The molecule has 2 nitrogen and oxygen atoms in total. The predicted molar refractivity (Wildman–Crippen MR) is 76.8 cm³/mol. The van der Waals surface area contributed by atoms with Gasteiger partial charge in [0.15, 0.2) is 0 Å². The molecule has 0 aromatic carbocycles. The van der Waals surface area contributed by atoms with Crippen LogP contribution in [0.3, 0.4) is 0 Å². The van der Waals surface area contributed by atoms with Gasteiger partial charge in [-0.25, -0.2) is 0 Å². The fourth-order valence-corrected chi connectivity index (χ4v) is 2.64. The molecule has 0 spiro atoms. The molecule has 0 bridgehead atoms. The van der Waals surface area contributed by atoms with Crippen molar-refractivity contribution in [3.63, 3.8) is 0 Å². The molecule has 1 rings (SSSR count). The van der Waals surface area contributed by atoms with Gasteiger partial charge in [0.25, 0.3) is 5.91 Å². The molecular weight excluding hydrogens is 553 g/mol. The van der Waals surface area contributed by atoms with Gasteiger partial charge in [-0.05, 0) is 11.4 Å². The van der Waals surface area contributed by atoms with Crippen LogP contribution in [0.1, 0.15) is 4.88 Å². The molecular formula is C14H6F17NOS. The molecule has 0 saturated carbocycles. The fourth-order valence-electron chi connectivity index (χ4n) is 2.00. The molecule has 0 saturated heterocycles. The minimum Gasteiger partial charge on any atom is -0.346 e. The topological polar surface area (TPSA) is 29.1 Å². The van der Waals surface area contributed by atoms with Gasteiger partial charge in [0.1, 0.15) is 0 Å². The molecule has 1 aromatic rings. The van der Waals surface area contributed by atoms with Crippen LogP contribution in [0.4, 0.5) is 74.6 Å². The second-order valence-corrected chi connectivity index (χ2v) is 7.31. The lowest BCUT2D eigenvalue weighted by Crippen LogP contribution is -2.75. The summed E-state index contributed by atoms with van der Waals surface area (Å²) >= 11 is 0.642. The Labute approximate surface area is 179 Å². The number of hydrogen-bond acceptors (Lipinski definition) is 2. The van der Waals surface area contributed by atoms with Crippen molar-refractivity contribution in [1.29, 1.82) is 0 Å². The summed E-state index contributed by atoms with van der Waals surface area (Å²) in [4.78, 5) is 11.1. The number of carbonyl (C=O) groups is 1. The smallest absolute Gasteiger partial charge is 0.346 e. The minimum atomic E-state index is -8.73. The van der Waals surface area contributed by atoms with Gasteiger partial charge >= 0.3 is 47.6 Å². The molecule has 1 aromatic heterocycles. The number of alkyl halides is 17. The van der Waals surface area contributed by atoms with Crippen LogP contribution in [0.15, 0.2) is 17.5 Å². The quantitative estimate of drug-likeness (QED) is 0.350. The Balaban J connectivity index is 3.48. The van der Waals surface area contributed by atoms with Crippen LogP contribution in [0.2, 0.25) is 0 Å². The summed E-state index contributed by atoms with van der Waals surface area (Å²) in [6.45, 7) is -1.14. The van der Waals surface area contributed by atoms with E-state index in [0.717, 1.165) is 11.4 Å². The van der Waals surface area contributed by atoms with Crippen LogP contribution < -0.4 is 5.32 Å². The molecule has 0 radical (unpaired) electrons. The maximum absolute atomic E-state index is 13.6. The van der Waals surface area contributed by atoms with E-state index in [2.05, 4.69) is 0 Å². The first-order valence-electron chi connectivity index (χ1n) is 7.77. The summed E-state index contributed by atoms with van der Waals surface area (Å²) < 4.78 is 223. The fraction of sp³-hybridized carbons (Fsp3) is 0.643. The number of thiophene rings is 1. The van der Waals surface area contributed by atoms with Crippen LogP contribution in [0, 0.1) is 0 Å². The summed E-state index contributed by atoms with van der Waals surface area (Å²) in [6.07, 6.45) is -7.82. The third-order valence-corrected chi connectivity index (χ3v) is 4.89. The predicted octanol–water partition coefficient (Wildman–Crippen LogP) is 6.37. The second-order valence-electron chi connectivity index (χ2n) is 6.28. The lowest BCUT2D eigenvalue weighted by Gasteiger charge is -2.42. The maximum atomic E-state index is 13.6. The van der Waals surface area contributed by atoms with Crippen molar-refractivity contribution in [3.8, 4) is 0 Å². The van der Waals surface area contributed by atoms with Gasteiger partial charge in [0.05, 0.1) is 6.54 Å². The van der Waals surface area contributed by atoms with Gasteiger partial charge in [-0.2, -0.15) is 74.6 Å². The zero-order valence-electron chi connectivity index (χ0n) is 15.2. The number of nitrogens with one attached hydrogen (secondary N) is 1. The van der Waals surface area contributed by atoms with Crippen molar-refractivity contribution in [3.05, 3.63) is 22.4 Å². The largest absolute Gasteiger partial charge is 0.460 e. The molecule has 0 atom stereocenters. The molecule has 20 heteroatoms. The molecule has 0 fully saturated rings. The van der Waals surface area contributed by atoms with Crippen molar-refractivity contribution in [2.75, 3.05) is 0 Å². The Kier molecular flexibility index (Phi) is 7.31. The van der Waals surface area contributed by atoms with E-state index < -0.39 is 60.1 Å². The number of rotatable bonds is 9. The van der Waals surface area contributed by atoms with E-state index in [1.165, 1.54) is 11.4 Å². The third kappa shape index (κ3) is 4.04. The molecule has 0 unspecified atom stereocenters. The monoisotopic (exact) mass is 559 g/mol. The highest BCUT2D eigenvalue weighted by atomic mass is 32.1. The zero-order valence-corrected chi connectivity index (χ0v) is 16.0. The van der Waals surface area contributed by atoms with E-state index >= 15 is 0 Å². The lowest BCUT2D eigenvalue weighted by atomic mass is 9.89. The number of hydrogen-bond donors (Lipinski definition) is 1. The van der Waals surface area contributed by atoms with Crippen LogP contribution in [-0.4, -0.2) is 53.5 Å². The van der Waals surface area contributed by atoms with E-state index in [4.69, 9.17) is 0 Å². The van der Waals surface area contributed by atoms with E-state index in [9.17, 15) is 79.4 Å². The molecule has 1 amide bonds. The first-order chi connectivity index (χ1) is 14.7. The van der Waals surface area contributed by atoms with Gasteiger partial charge in [-0.1, -0.05) is 6.07 Å². The number of amides is 1. The van der Waals surface area contributed by atoms with Gasteiger partial charge in [0, 0.05) is 4.88 Å². The molecule has 198 valence electrons. The molecule has 0 aliphatic carbocycles. The van der Waals surface area contributed by atoms with Crippen LogP contribution >= 0.6 is 11.3 Å². The van der Waals surface area contributed by atoms with E-state index in [0.29, 0.717) is 11.3 Å². The average molecular weight is 559 g/mol. The molecule has 34 heavy (non-hydrogen) atoms. The number of halogens is 17. The maximum Gasteiger partial charge on any atom is 0.460 e. The average Bonchev–Trinajstić information content (AvgIpc) is 3.17. The Morgan fingerprint density at radius 1 is 0.647 bits per heavy atom. The third-order valence-electron chi connectivity index (χ3n) is 4.01. The highest BCUT2D eigenvalue weighted by molar-refractivity contribution is 7.09. The van der Waals surface area contributed by atoms with E-state index in [-0.39, 0.29) is 4.88 Å². The van der Waals surface area contributed by atoms with Crippen molar-refractivity contribution in [2.45, 2.75) is 54.2 Å². The first kappa shape index (κ1) is 30.0. The molecule has 0 aliphatic rings.